The van der Waals surface area contributed by atoms with Crippen LogP contribution in [0.5, 0.6) is 11.5 Å². The molecule has 1 aliphatic heterocycles. The van der Waals surface area contributed by atoms with E-state index in [2.05, 4.69) is 0 Å². The molecule has 114 valence electrons. The summed E-state index contributed by atoms with van der Waals surface area (Å²) >= 11 is 0. The van der Waals surface area contributed by atoms with Crippen molar-refractivity contribution in [3.8, 4) is 11.5 Å². The Kier molecular flexibility index (Phi) is 4.32. The highest BCUT2D eigenvalue weighted by Crippen LogP contribution is 2.35. The fraction of sp³-hybridized carbons (Fsp3) is 0.429. The van der Waals surface area contributed by atoms with Crippen LogP contribution in [0.2, 0.25) is 0 Å². The maximum Gasteiger partial charge on any atom is 0.335 e. The van der Waals surface area contributed by atoms with Crippen LogP contribution in [0.25, 0.3) is 0 Å². The summed E-state index contributed by atoms with van der Waals surface area (Å²) in [7, 11) is 4.56. The Bertz CT molecular complexity index is 558. The number of ether oxygens (including phenoxy) is 3. The third kappa shape index (κ3) is 2.78. The van der Waals surface area contributed by atoms with Gasteiger partial charge >= 0.3 is 5.97 Å². The summed E-state index contributed by atoms with van der Waals surface area (Å²) in [5.74, 6) is -0.397. The summed E-state index contributed by atoms with van der Waals surface area (Å²) in [4.78, 5) is 24.5. The minimum absolute atomic E-state index is 0.239. The molecule has 0 radical (unpaired) electrons. The number of carboxylic acids is 1. The average Bonchev–Trinajstić information content (AvgIpc) is 2.48. The first-order valence-electron chi connectivity index (χ1n) is 6.31. The predicted molar refractivity (Wildman–Crippen MR) is 72.4 cm³/mol. The third-order valence-electron chi connectivity index (χ3n) is 3.48. The van der Waals surface area contributed by atoms with Gasteiger partial charge < -0.3 is 24.2 Å². The highest BCUT2D eigenvalue weighted by Gasteiger charge is 2.40. The number of methoxy groups -OCH3 is 2. The number of carboxylic acid groups (broad SMARTS) is 1. The summed E-state index contributed by atoms with van der Waals surface area (Å²) in [5.41, 5.74) is 0.607. The van der Waals surface area contributed by atoms with Crippen molar-refractivity contribution in [3.05, 3.63) is 23.8 Å². The summed E-state index contributed by atoms with van der Waals surface area (Å²) in [5, 5.41) is 9.28. The van der Waals surface area contributed by atoms with Gasteiger partial charge in [-0.15, -0.1) is 0 Å². The molecule has 1 aromatic carbocycles. The van der Waals surface area contributed by atoms with E-state index in [1.807, 2.05) is 0 Å². The van der Waals surface area contributed by atoms with Gasteiger partial charge in [0.1, 0.15) is 6.61 Å². The number of carbonyl (C=O) groups excluding carboxylic acids is 1. The van der Waals surface area contributed by atoms with Crippen LogP contribution in [0.4, 0.5) is 0 Å². The molecular formula is C14H17NO6. The molecule has 0 spiro atoms. The van der Waals surface area contributed by atoms with Crippen molar-refractivity contribution in [3.63, 3.8) is 0 Å². The molecule has 7 nitrogen and oxygen atoms in total. The lowest BCUT2D eigenvalue weighted by Gasteiger charge is -2.37. The molecule has 1 saturated heterocycles. The van der Waals surface area contributed by atoms with Crippen LogP contribution in [0.1, 0.15) is 11.6 Å². The van der Waals surface area contributed by atoms with Crippen LogP contribution in [0.15, 0.2) is 18.2 Å². The van der Waals surface area contributed by atoms with Crippen LogP contribution >= 0.6 is 0 Å². The zero-order chi connectivity index (χ0) is 15.6. The molecular weight excluding hydrogens is 278 g/mol. The van der Waals surface area contributed by atoms with Gasteiger partial charge in [-0.05, 0) is 17.7 Å². The largest absolute Gasteiger partial charge is 0.493 e. The van der Waals surface area contributed by atoms with E-state index in [1.165, 1.54) is 19.1 Å². The van der Waals surface area contributed by atoms with E-state index < -0.39 is 18.1 Å². The van der Waals surface area contributed by atoms with Gasteiger partial charge in [0.05, 0.1) is 20.3 Å². The maximum atomic E-state index is 11.8. The van der Waals surface area contributed by atoms with Gasteiger partial charge in [0, 0.05) is 7.05 Å². The molecule has 0 aliphatic carbocycles. The second-order valence-corrected chi connectivity index (χ2v) is 4.63. The summed E-state index contributed by atoms with van der Waals surface area (Å²) in [6.45, 7) is -0.239. The number of likely N-dealkylation sites (N-methyl/N-ethyl adjacent to an activating group) is 1. The van der Waals surface area contributed by atoms with Gasteiger partial charge in [-0.1, -0.05) is 6.07 Å². The Hall–Kier alpha value is -2.28. The van der Waals surface area contributed by atoms with E-state index in [1.54, 1.807) is 25.2 Å². The standard InChI is InChI=1S/C14H17NO6/c1-15-11(16)7-21-13(14(17)18)12(15)8-4-5-9(19-2)10(6-8)20-3/h4-6,12-13H,7H2,1-3H3,(H,17,18). The number of rotatable bonds is 4. The highest BCUT2D eigenvalue weighted by atomic mass is 16.5. The van der Waals surface area contributed by atoms with Crippen LogP contribution < -0.4 is 9.47 Å². The number of hydrogen-bond donors (Lipinski definition) is 1. The minimum atomic E-state index is -1.12. The SMILES string of the molecule is COc1ccc(C2C(C(=O)O)OCC(=O)N2C)cc1OC. The van der Waals surface area contributed by atoms with Crippen molar-refractivity contribution in [1.29, 1.82) is 0 Å². The first-order chi connectivity index (χ1) is 9.99. The molecule has 2 unspecified atom stereocenters. The monoisotopic (exact) mass is 295 g/mol. The van der Waals surface area contributed by atoms with E-state index in [-0.39, 0.29) is 12.5 Å². The molecule has 1 aromatic rings. The van der Waals surface area contributed by atoms with Gasteiger partial charge in [0.15, 0.2) is 17.6 Å². The van der Waals surface area contributed by atoms with Crippen LogP contribution in [-0.2, 0) is 14.3 Å². The van der Waals surface area contributed by atoms with Crippen molar-refractivity contribution in [2.45, 2.75) is 12.1 Å². The normalized spacial score (nSPS) is 22.0. The van der Waals surface area contributed by atoms with E-state index >= 15 is 0 Å². The van der Waals surface area contributed by atoms with Crippen LogP contribution in [0.3, 0.4) is 0 Å². The molecule has 21 heavy (non-hydrogen) atoms. The lowest BCUT2D eigenvalue weighted by Crippen LogP contribution is -2.50. The Labute approximate surface area is 122 Å². The molecule has 1 aliphatic rings. The van der Waals surface area contributed by atoms with Crippen molar-refractivity contribution >= 4 is 11.9 Å². The number of benzene rings is 1. The second-order valence-electron chi connectivity index (χ2n) is 4.63. The zero-order valence-corrected chi connectivity index (χ0v) is 12.0. The van der Waals surface area contributed by atoms with E-state index in [9.17, 15) is 14.7 Å². The van der Waals surface area contributed by atoms with Gasteiger partial charge in [-0.2, -0.15) is 0 Å². The summed E-state index contributed by atoms with van der Waals surface area (Å²) in [6, 6.07) is 4.29. The van der Waals surface area contributed by atoms with Gasteiger partial charge in [-0.3, -0.25) is 4.79 Å². The fourth-order valence-corrected chi connectivity index (χ4v) is 2.35. The van der Waals surface area contributed by atoms with Gasteiger partial charge in [-0.25, -0.2) is 4.79 Å². The molecule has 2 rings (SSSR count). The number of aliphatic carboxylic acids is 1. The smallest absolute Gasteiger partial charge is 0.335 e. The number of nitrogens with zero attached hydrogens (tertiary/aromatic N) is 1. The summed E-state index contributed by atoms with van der Waals surface area (Å²) < 4.78 is 15.5. The molecule has 0 bridgehead atoms. The molecule has 7 heteroatoms. The highest BCUT2D eigenvalue weighted by molar-refractivity contribution is 5.82. The first-order valence-corrected chi connectivity index (χ1v) is 6.31. The topological polar surface area (TPSA) is 85.3 Å². The Morgan fingerprint density at radius 1 is 1.33 bits per heavy atom. The van der Waals surface area contributed by atoms with Crippen LogP contribution in [0, 0.1) is 0 Å². The number of morpholine rings is 1. The quantitative estimate of drug-likeness (QED) is 0.879. The minimum Gasteiger partial charge on any atom is -0.493 e. The molecule has 0 saturated carbocycles. The van der Waals surface area contributed by atoms with E-state index in [4.69, 9.17) is 14.2 Å². The lowest BCUT2D eigenvalue weighted by atomic mass is 9.98. The van der Waals surface area contributed by atoms with E-state index in [0.717, 1.165) is 0 Å². The number of carbonyl (C=O) groups is 2. The number of hydrogen-bond acceptors (Lipinski definition) is 5. The van der Waals surface area contributed by atoms with Gasteiger partial charge in [0.25, 0.3) is 0 Å². The molecule has 1 fully saturated rings. The third-order valence-corrected chi connectivity index (χ3v) is 3.48. The van der Waals surface area contributed by atoms with E-state index in [0.29, 0.717) is 17.1 Å². The Morgan fingerprint density at radius 2 is 2.00 bits per heavy atom. The molecule has 2 atom stereocenters. The Morgan fingerprint density at radius 3 is 2.57 bits per heavy atom. The molecule has 1 heterocycles. The lowest BCUT2D eigenvalue weighted by molar-refractivity contribution is -0.171. The van der Waals surface area contributed by atoms with Gasteiger partial charge in [0.2, 0.25) is 5.91 Å². The van der Waals surface area contributed by atoms with Crippen molar-refractivity contribution in [2.24, 2.45) is 0 Å². The summed E-state index contributed by atoms with van der Waals surface area (Å²) in [6.07, 6.45) is -1.12. The van der Waals surface area contributed by atoms with Crippen LogP contribution in [-0.4, -0.2) is 55.9 Å². The average molecular weight is 295 g/mol. The Balaban J connectivity index is 2.44. The fourth-order valence-electron chi connectivity index (χ4n) is 2.35. The molecule has 0 aromatic heterocycles. The van der Waals surface area contributed by atoms with Crippen molar-refractivity contribution in [2.75, 3.05) is 27.9 Å². The zero-order valence-electron chi connectivity index (χ0n) is 12.0. The predicted octanol–water partition coefficient (Wildman–Crippen LogP) is 0.687. The second kappa shape index (κ2) is 6.01. The number of amides is 1. The molecule has 1 N–H and O–H groups in total. The van der Waals surface area contributed by atoms with Crippen molar-refractivity contribution in [1.82, 2.24) is 4.90 Å². The molecule has 1 amide bonds. The first kappa shape index (κ1) is 15.1. The van der Waals surface area contributed by atoms with Crippen molar-refractivity contribution < 1.29 is 28.9 Å². The maximum absolute atomic E-state index is 11.8.